The number of ether oxygens (including phenoxy) is 3. The van der Waals surface area contributed by atoms with E-state index in [0.29, 0.717) is 22.2 Å². The molecule has 0 unspecified atom stereocenters. The van der Waals surface area contributed by atoms with Crippen LogP contribution in [0.3, 0.4) is 0 Å². The fourth-order valence-corrected chi connectivity index (χ4v) is 3.84. The maximum Gasteiger partial charge on any atom is 0.364 e. The lowest BCUT2D eigenvalue weighted by molar-refractivity contribution is 0.0448. The first-order valence-electron chi connectivity index (χ1n) is 11.3. The Balaban J connectivity index is 1.84. The molecular formula is C28H28N2O6. The third-order valence-electron chi connectivity index (χ3n) is 5.82. The number of para-hydroxylation sites is 1. The fourth-order valence-electron chi connectivity index (χ4n) is 3.84. The van der Waals surface area contributed by atoms with Gasteiger partial charge in [-0.2, -0.15) is 0 Å². The molecule has 0 amide bonds. The molecule has 0 aliphatic rings. The van der Waals surface area contributed by atoms with Gasteiger partial charge in [-0.05, 0) is 35.2 Å². The molecule has 1 aromatic heterocycles. The Labute approximate surface area is 209 Å². The van der Waals surface area contributed by atoms with Gasteiger partial charge in [0, 0.05) is 5.56 Å². The minimum atomic E-state index is -0.791. The first-order chi connectivity index (χ1) is 17.2. The van der Waals surface area contributed by atoms with Crippen molar-refractivity contribution in [2.45, 2.75) is 26.2 Å². The summed E-state index contributed by atoms with van der Waals surface area (Å²) in [5, 5.41) is 0.324. The largest absolute Gasteiger partial charge is 0.493 e. The van der Waals surface area contributed by atoms with E-state index < -0.39 is 11.5 Å². The van der Waals surface area contributed by atoms with Gasteiger partial charge in [0.15, 0.2) is 17.3 Å². The third-order valence-corrected chi connectivity index (χ3v) is 5.82. The Bertz CT molecular complexity index is 1460. The summed E-state index contributed by atoms with van der Waals surface area (Å²) in [6, 6.07) is 17.5. The van der Waals surface area contributed by atoms with E-state index in [0.717, 1.165) is 10.3 Å². The van der Waals surface area contributed by atoms with Crippen molar-refractivity contribution in [3.05, 3.63) is 82.1 Å². The summed E-state index contributed by atoms with van der Waals surface area (Å²) >= 11 is 0. The molecule has 8 heteroatoms. The highest BCUT2D eigenvalue weighted by Crippen LogP contribution is 2.38. The summed E-state index contributed by atoms with van der Waals surface area (Å²) in [5.41, 5.74) is 1.81. The average molecular weight is 489 g/mol. The monoisotopic (exact) mass is 488 g/mol. The molecule has 0 fully saturated rings. The number of carbonyl (C=O) groups excluding carboxylic acids is 1. The Morgan fingerprint density at radius 1 is 0.861 bits per heavy atom. The van der Waals surface area contributed by atoms with Gasteiger partial charge >= 0.3 is 5.97 Å². The highest BCUT2D eigenvalue weighted by Gasteiger charge is 2.22. The molecule has 0 aliphatic heterocycles. The van der Waals surface area contributed by atoms with Crippen molar-refractivity contribution in [2.75, 3.05) is 21.3 Å². The van der Waals surface area contributed by atoms with Crippen LogP contribution in [-0.4, -0.2) is 37.0 Å². The van der Waals surface area contributed by atoms with Gasteiger partial charge < -0.3 is 19.0 Å². The predicted octanol–water partition coefficient (Wildman–Crippen LogP) is 4.66. The molecule has 0 saturated heterocycles. The minimum Gasteiger partial charge on any atom is -0.493 e. The molecule has 0 radical (unpaired) electrons. The van der Waals surface area contributed by atoms with Crippen LogP contribution in [0.5, 0.6) is 17.2 Å². The van der Waals surface area contributed by atoms with Gasteiger partial charge in [-0.3, -0.25) is 4.79 Å². The maximum atomic E-state index is 13.4. The highest BCUT2D eigenvalue weighted by atomic mass is 16.7. The highest BCUT2D eigenvalue weighted by molar-refractivity contribution is 5.92. The van der Waals surface area contributed by atoms with Crippen LogP contribution in [0.25, 0.3) is 22.3 Å². The second-order valence-electron chi connectivity index (χ2n) is 9.17. The van der Waals surface area contributed by atoms with Gasteiger partial charge in [0.2, 0.25) is 5.75 Å². The predicted molar refractivity (Wildman–Crippen MR) is 137 cm³/mol. The van der Waals surface area contributed by atoms with Crippen LogP contribution in [0.1, 0.15) is 36.7 Å². The van der Waals surface area contributed by atoms with Gasteiger partial charge in [-0.1, -0.05) is 57.2 Å². The molecular weight excluding hydrogens is 460 g/mol. The first-order valence-corrected chi connectivity index (χ1v) is 11.3. The molecule has 186 valence electrons. The summed E-state index contributed by atoms with van der Waals surface area (Å²) in [4.78, 5) is 37.0. The summed E-state index contributed by atoms with van der Waals surface area (Å²) < 4.78 is 16.9. The number of hydrogen-bond acceptors (Lipinski definition) is 7. The van der Waals surface area contributed by atoms with E-state index >= 15 is 0 Å². The second kappa shape index (κ2) is 9.73. The molecule has 8 nitrogen and oxygen atoms in total. The van der Waals surface area contributed by atoms with Crippen LogP contribution >= 0.6 is 0 Å². The smallest absolute Gasteiger partial charge is 0.364 e. The van der Waals surface area contributed by atoms with Gasteiger partial charge in [-0.15, -0.1) is 4.73 Å². The Hall–Kier alpha value is -4.33. The van der Waals surface area contributed by atoms with Crippen molar-refractivity contribution >= 4 is 16.9 Å². The molecule has 0 aliphatic carbocycles. The number of aromatic nitrogens is 2. The molecule has 36 heavy (non-hydrogen) atoms. The molecule has 0 N–H and O–H groups in total. The van der Waals surface area contributed by atoms with E-state index in [1.165, 1.54) is 33.5 Å². The molecule has 4 rings (SSSR count). The summed E-state index contributed by atoms with van der Waals surface area (Å²) in [6.07, 6.45) is 0. The van der Waals surface area contributed by atoms with Crippen LogP contribution in [0.4, 0.5) is 0 Å². The molecule has 3 aromatic carbocycles. The number of methoxy groups -OCH3 is 3. The summed E-state index contributed by atoms with van der Waals surface area (Å²) in [6.45, 7) is 6.35. The lowest BCUT2D eigenvalue weighted by Gasteiger charge is -2.19. The standard InChI is InChI=1S/C28H28N2O6/c1-28(2,3)19-13-11-17(12-14-19)25-29-21-10-8-7-9-20(21)26(31)30(25)36-27(32)18-15-22(33-4)24(35-6)23(16-18)34-5/h7-16H,1-6H3. The minimum absolute atomic E-state index is 0.0477. The van der Waals surface area contributed by atoms with E-state index in [4.69, 9.17) is 19.0 Å². The lowest BCUT2D eigenvalue weighted by atomic mass is 9.86. The fraction of sp³-hybridized carbons (Fsp3) is 0.250. The van der Waals surface area contributed by atoms with E-state index in [2.05, 4.69) is 25.8 Å². The first kappa shape index (κ1) is 24.8. The van der Waals surface area contributed by atoms with Crippen molar-refractivity contribution in [1.82, 2.24) is 9.71 Å². The van der Waals surface area contributed by atoms with Crippen molar-refractivity contribution in [1.29, 1.82) is 0 Å². The number of rotatable bonds is 6. The lowest BCUT2D eigenvalue weighted by Crippen LogP contribution is -2.33. The Morgan fingerprint density at radius 3 is 2.03 bits per heavy atom. The van der Waals surface area contributed by atoms with E-state index in [9.17, 15) is 9.59 Å². The van der Waals surface area contributed by atoms with E-state index in [1.54, 1.807) is 24.3 Å². The van der Waals surface area contributed by atoms with Gasteiger partial charge in [-0.25, -0.2) is 9.78 Å². The van der Waals surface area contributed by atoms with Gasteiger partial charge in [0.25, 0.3) is 5.56 Å². The summed E-state index contributed by atoms with van der Waals surface area (Å²) in [5.74, 6) is 0.318. The topological polar surface area (TPSA) is 88.9 Å². The number of nitrogens with zero attached hydrogens (tertiary/aromatic N) is 2. The van der Waals surface area contributed by atoms with E-state index in [-0.39, 0.29) is 28.3 Å². The normalized spacial score (nSPS) is 11.3. The van der Waals surface area contributed by atoms with Crippen LogP contribution < -0.4 is 24.6 Å². The Kier molecular flexibility index (Phi) is 6.70. The van der Waals surface area contributed by atoms with Gasteiger partial charge in [0.1, 0.15) is 0 Å². The zero-order chi connectivity index (χ0) is 26.0. The average Bonchev–Trinajstić information content (AvgIpc) is 2.88. The number of fused-ring (bicyclic) bond motifs is 1. The third kappa shape index (κ3) is 4.62. The quantitative estimate of drug-likeness (QED) is 0.390. The van der Waals surface area contributed by atoms with E-state index in [1.807, 2.05) is 24.3 Å². The Morgan fingerprint density at radius 2 is 1.47 bits per heavy atom. The van der Waals surface area contributed by atoms with Crippen molar-refractivity contribution in [3.63, 3.8) is 0 Å². The van der Waals surface area contributed by atoms with Crippen LogP contribution in [0, 0.1) is 0 Å². The molecule has 4 aromatic rings. The second-order valence-corrected chi connectivity index (χ2v) is 9.17. The van der Waals surface area contributed by atoms with Gasteiger partial charge in [0.05, 0.1) is 37.8 Å². The molecule has 0 saturated carbocycles. The molecule has 1 heterocycles. The zero-order valence-electron chi connectivity index (χ0n) is 21.1. The number of hydrogen-bond donors (Lipinski definition) is 0. The van der Waals surface area contributed by atoms with Crippen molar-refractivity contribution < 1.29 is 23.8 Å². The SMILES string of the molecule is COc1cc(C(=O)On2c(-c3ccc(C(C)(C)C)cc3)nc3ccccc3c2=O)cc(OC)c1OC. The molecule has 0 atom stereocenters. The van der Waals surface area contributed by atoms with Crippen LogP contribution in [0.2, 0.25) is 0 Å². The van der Waals surface area contributed by atoms with Crippen LogP contribution in [-0.2, 0) is 5.41 Å². The number of carbonyl (C=O) groups is 1. The number of benzene rings is 3. The van der Waals surface area contributed by atoms with Crippen LogP contribution in [0.15, 0.2) is 65.5 Å². The molecule has 0 bridgehead atoms. The summed E-state index contributed by atoms with van der Waals surface area (Å²) in [7, 11) is 4.36. The zero-order valence-corrected chi connectivity index (χ0v) is 21.1. The maximum absolute atomic E-state index is 13.4. The molecule has 0 spiro atoms. The van der Waals surface area contributed by atoms with Crippen molar-refractivity contribution in [2.24, 2.45) is 0 Å². The van der Waals surface area contributed by atoms with Crippen molar-refractivity contribution in [3.8, 4) is 28.6 Å².